The molecule has 2 aromatic carbocycles. The summed E-state index contributed by atoms with van der Waals surface area (Å²) in [6.07, 6.45) is 2.51. The number of methoxy groups -OCH3 is 2. The van der Waals surface area contributed by atoms with E-state index in [1.54, 1.807) is 24.3 Å². The number of para-hydroxylation sites is 2. The molecule has 0 saturated heterocycles. The highest BCUT2D eigenvalue weighted by Gasteiger charge is 2.52. The van der Waals surface area contributed by atoms with Gasteiger partial charge in [0.1, 0.15) is 11.1 Å². The van der Waals surface area contributed by atoms with Crippen LogP contribution in [0.25, 0.3) is 0 Å². The van der Waals surface area contributed by atoms with E-state index in [0.717, 1.165) is 25.0 Å². The van der Waals surface area contributed by atoms with Crippen molar-refractivity contribution in [2.24, 2.45) is 0 Å². The molecular weight excluding hydrogens is 446 g/mol. The van der Waals surface area contributed by atoms with Gasteiger partial charge in [0.25, 0.3) is 17.5 Å². The molecule has 2 aliphatic rings. The van der Waals surface area contributed by atoms with Crippen LogP contribution in [0.4, 0.5) is 17.1 Å². The first-order valence-electron chi connectivity index (χ1n) is 10.6. The molecule has 1 aliphatic carbocycles. The lowest BCUT2D eigenvalue weighted by molar-refractivity contribution is -0.385. The number of esters is 1. The zero-order chi connectivity index (χ0) is 24.5. The van der Waals surface area contributed by atoms with Crippen molar-refractivity contribution in [1.82, 2.24) is 0 Å². The minimum Gasteiger partial charge on any atom is -0.493 e. The predicted molar refractivity (Wildman–Crippen MR) is 120 cm³/mol. The van der Waals surface area contributed by atoms with Crippen molar-refractivity contribution in [3.05, 3.63) is 52.1 Å². The quantitative estimate of drug-likeness (QED) is 0.387. The third-order valence-corrected chi connectivity index (χ3v) is 6.17. The average molecular weight is 469 g/mol. The van der Waals surface area contributed by atoms with Crippen LogP contribution in [0.15, 0.2) is 36.4 Å². The third kappa shape index (κ3) is 3.78. The van der Waals surface area contributed by atoms with E-state index in [2.05, 4.69) is 5.32 Å². The summed E-state index contributed by atoms with van der Waals surface area (Å²) in [6.45, 7) is -0.701. The molecule has 4 rings (SSSR count). The number of nitrogens with one attached hydrogen (secondary N) is 1. The molecule has 1 N–H and O–H groups in total. The third-order valence-electron chi connectivity index (χ3n) is 6.17. The number of nitro benzene ring substituents is 1. The van der Waals surface area contributed by atoms with E-state index < -0.39 is 34.6 Å². The molecule has 0 aromatic heterocycles. The van der Waals surface area contributed by atoms with E-state index in [4.69, 9.17) is 14.2 Å². The Morgan fingerprint density at radius 3 is 2.41 bits per heavy atom. The van der Waals surface area contributed by atoms with Crippen LogP contribution < -0.4 is 19.7 Å². The maximum atomic E-state index is 13.3. The Labute approximate surface area is 194 Å². The number of rotatable bonds is 6. The van der Waals surface area contributed by atoms with Crippen LogP contribution in [0.1, 0.15) is 36.0 Å². The van der Waals surface area contributed by atoms with Gasteiger partial charge >= 0.3 is 5.97 Å². The van der Waals surface area contributed by atoms with Gasteiger partial charge in [0, 0.05) is 6.07 Å². The van der Waals surface area contributed by atoms with E-state index in [9.17, 15) is 24.5 Å². The minimum absolute atomic E-state index is 0.0703. The van der Waals surface area contributed by atoms with Gasteiger partial charge in [-0.2, -0.15) is 0 Å². The van der Waals surface area contributed by atoms with Crippen LogP contribution in [0.3, 0.4) is 0 Å². The SMILES string of the molecule is COc1cc(C(=O)OCC(=O)N2c3ccccc3NC(=O)C23CCCC3)c([N+](=O)[O-])cc1OC. The highest BCUT2D eigenvalue weighted by Crippen LogP contribution is 2.45. The molecule has 1 aliphatic heterocycles. The number of nitrogens with zero attached hydrogens (tertiary/aromatic N) is 2. The molecule has 1 heterocycles. The first kappa shape index (κ1) is 23.0. The fraction of sp³-hybridized carbons (Fsp3) is 0.348. The zero-order valence-corrected chi connectivity index (χ0v) is 18.7. The number of hydrogen-bond donors (Lipinski definition) is 1. The lowest BCUT2D eigenvalue weighted by atomic mass is 9.90. The van der Waals surface area contributed by atoms with Gasteiger partial charge < -0.3 is 19.5 Å². The summed E-state index contributed by atoms with van der Waals surface area (Å²) in [7, 11) is 2.63. The summed E-state index contributed by atoms with van der Waals surface area (Å²) in [4.78, 5) is 51.3. The molecule has 11 nitrogen and oxygen atoms in total. The number of carbonyl (C=O) groups excluding carboxylic acids is 3. The van der Waals surface area contributed by atoms with Crippen LogP contribution >= 0.6 is 0 Å². The van der Waals surface area contributed by atoms with E-state index >= 15 is 0 Å². The fourth-order valence-corrected chi connectivity index (χ4v) is 4.58. The summed E-state index contributed by atoms with van der Waals surface area (Å²) < 4.78 is 15.4. The zero-order valence-electron chi connectivity index (χ0n) is 18.7. The van der Waals surface area contributed by atoms with Crippen LogP contribution in [-0.4, -0.2) is 49.1 Å². The molecule has 1 spiro atoms. The van der Waals surface area contributed by atoms with Crippen molar-refractivity contribution in [3.63, 3.8) is 0 Å². The van der Waals surface area contributed by atoms with Crippen molar-refractivity contribution in [3.8, 4) is 11.5 Å². The molecule has 0 atom stereocenters. The van der Waals surface area contributed by atoms with Crippen LogP contribution in [-0.2, 0) is 14.3 Å². The molecule has 178 valence electrons. The highest BCUT2D eigenvalue weighted by atomic mass is 16.6. The van der Waals surface area contributed by atoms with Crippen LogP contribution in [0.2, 0.25) is 0 Å². The minimum atomic E-state index is -1.07. The first-order chi connectivity index (χ1) is 16.3. The maximum absolute atomic E-state index is 13.3. The molecule has 11 heteroatoms. The van der Waals surface area contributed by atoms with Gasteiger partial charge in [-0.15, -0.1) is 0 Å². The molecule has 0 unspecified atom stereocenters. The molecule has 0 bridgehead atoms. The van der Waals surface area contributed by atoms with Gasteiger partial charge in [0.05, 0.1) is 36.6 Å². The number of benzene rings is 2. The van der Waals surface area contributed by atoms with E-state index in [1.165, 1.54) is 19.1 Å². The van der Waals surface area contributed by atoms with Crippen molar-refractivity contribution >= 4 is 34.8 Å². The topological polar surface area (TPSA) is 137 Å². The highest BCUT2D eigenvalue weighted by molar-refractivity contribution is 6.15. The number of nitro groups is 1. The standard InChI is InChI=1S/C23H23N3O8/c1-32-18-11-14(17(26(30)31)12-19(18)33-2)21(28)34-13-20(27)25-16-8-4-3-7-15(16)24-22(29)23(25)9-5-6-10-23/h3-4,7-8,11-12H,5-6,9-10,13H2,1-2H3,(H,24,29). The van der Waals surface area contributed by atoms with E-state index in [0.29, 0.717) is 24.2 Å². The molecular formula is C23H23N3O8. The maximum Gasteiger partial charge on any atom is 0.345 e. The molecule has 1 fully saturated rings. The van der Waals surface area contributed by atoms with Crippen molar-refractivity contribution in [2.45, 2.75) is 31.2 Å². The second-order valence-corrected chi connectivity index (χ2v) is 8.00. The first-order valence-corrected chi connectivity index (χ1v) is 10.6. The molecule has 2 amide bonds. The smallest absolute Gasteiger partial charge is 0.345 e. The second-order valence-electron chi connectivity index (χ2n) is 8.00. The van der Waals surface area contributed by atoms with Crippen LogP contribution in [0.5, 0.6) is 11.5 Å². The molecule has 2 aromatic rings. The Bertz CT molecular complexity index is 1170. The molecule has 34 heavy (non-hydrogen) atoms. The van der Waals surface area contributed by atoms with Gasteiger partial charge in [-0.05, 0) is 25.0 Å². The molecule has 1 saturated carbocycles. The van der Waals surface area contributed by atoms with Gasteiger partial charge in [0.15, 0.2) is 18.1 Å². The predicted octanol–water partition coefficient (Wildman–Crippen LogP) is 3.07. The monoisotopic (exact) mass is 469 g/mol. The summed E-state index contributed by atoms with van der Waals surface area (Å²) in [5.41, 5.74) is -0.997. The second kappa shape index (κ2) is 9.00. The Morgan fingerprint density at radius 2 is 1.76 bits per heavy atom. The van der Waals surface area contributed by atoms with E-state index in [1.807, 2.05) is 0 Å². The Kier molecular flexibility index (Phi) is 6.10. The molecule has 0 radical (unpaired) electrons. The average Bonchev–Trinajstić information content (AvgIpc) is 3.32. The summed E-state index contributed by atoms with van der Waals surface area (Å²) in [5, 5.41) is 14.4. The normalized spacial score (nSPS) is 15.9. The van der Waals surface area contributed by atoms with Gasteiger partial charge in [-0.3, -0.25) is 24.6 Å². The van der Waals surface area contributed by atoms with E-state index in [-0.39, 0.29) is 23.0 Å². The number of fused-ring (bicyclic) bond motifs is 1. The lowest BCUT2D eigenvalue weighted by Gasteiger charge is -2.44. The Hall–Kier alpha value is -4.15. The number of hydrogen-bond acceptors (Lipinski definition) is 8. The Morgan fingerprint density at radius 1 is 1.12 bits per heavy atom. The summed E-state index contributed by atoms with van der Waals surface area (Å²) >= 11 is 0. The van der Waals surface area contributed by atoms with Crippen molar-refractivity contribution in [2.75, 3.05) is 31.0 Å². The van der Waals surface area contributed by atoms with Gasteiger partial charge in [0.2, 0.25) is 0 Å². The largest absolute Gasteiger partial charge is 0.493 e. The Balaban J connectivity index is 1.62. The van der Waals surface area contributed by atoms with Gasteiger partial charge in [-0.25, -0.2) is 4.79 Å². The fourth-order valence-electron chi connectivity index (χ4n) is 4.58. The van der Waals surface area contributed by atoms with Crippen molar-refractivity contribution < 1.29 is 33.5 Å². The van der Waals surface area contributed by atoms with Crippen LogP contribution in [0, 0.1) is 10.1 Å². The lowest BCUT2D eigenvalue weighted by Crippen LogP contribution is -2.61. The van der Waals surface area contributed by atoms with Crippen molar-refractivity contribution in [1.29, 1.82) is 0 Å². The number of ether oxygens (including phenoxy) is 3. The number of amides is 2. The number of anilines is 2. The van der Waals surface area contributed by atoms with Gasteiger partial charge in [-0.1, -0.05) is 25.0 Å². The summed E-state index contributed by atoms with van der Waals surface area (Å²) in [6, 6.07) is 9.08. The number of carbonyl (C=O) groups is 3. The summed E-state index contributed by atoms with van der Waals surface area (Å²) in [5.74, 6) is -1.78.